The van der Waals surface area contributed by atoms with E-state index in [2.05, 4.69) is 15.9 Å². The van der Waals surface area contributed by atoms with Crippen LogP contribution in [0.4, 0.5) is 5.69 Å². The number of nitro groups is 1. The van der Waals surface area contributed by atoms with E-state index in [1.54, 1.807) is 10.8 Å². The Hall–Kier alpha value is -1.60. The van der Waals surface area contributed by atoms with Gasteiger partial charge in [-0.05, 0) is 12.1 Å². The van der Waals surface area contributed by atoms with Crippen LogP contribution in [0.15, 0.2) is 39.8 Å². The van der Waals surface area contributed by atoms with Gasteiger partial charge in [0.05, 0.1) is 10.3 Å². The molecule has 0 N–H and O–H groups in total. The van der Waals surface area contributed by atoms with Crippen LogP contribution in [0.3, 0.4) is 0 Å². The molecule has 0 fully saturated rings. The predicted octanol–water partition coefficient (Wildman–Crippen LogP) is 2.59. The van der Waals surface area contributed by atoms with Gasteiger partial charge in [0.1, 0.15) is 0 Å². The van der Waals surface area contributed by atoms with Crippen molar-refractivity contribution in [2.45, 2.75) is 6.54 Å². The van der Waals surface area contributed by atoms with Crippen LogP contribution in [0.5, 0.6) is 0 Å². The van der Waals surface area contributed by atoms with Crippen molar-refractivity contribution in [3.8, 4) is 0 Å². The van der Waals surface area contributed by atoms with Gasteiger partial charge in [0.15, 0.2) is 6.20 Å². The zero-order valence-electron chi connectivity index (χ0n) is 9.08. The first-order valence-electron chi connectivity index (χ1n) is 4.98. The number of hydrogen-bond acceptors (Lipinski definition) is 4. The largest absolute Gasteiger partial charge is 0.305 e. The van der Waals surface area contributed by atoms with Gasteiger partial charge in [-0.1, -0.05) is 11.3 Å². The van der Waals surface area contributed by atoms with E-state index in [4.69, 9.17) is 0 Å². The quantitative estimate of drug-likeness (QED) is 0.375. The lowest BCUT2D eigenvalue weighted by atomic mass is 10.1. The molecule has 1 aromatic carbocycles. The zero-order chi connectivity index (χ0) is 13.1. The SMILES string of the molecule is O=C(C[n+]1ccsc1Br)c1ccc([N+](=O)[O-])cc1. The second-order valence-electron chi connectivity index (χ2n) is 3.51. The van der Waals surface area contributed by atoms with Crippen molar-refractivity contribution in [3.05, 3.63) is 55.4 Å². The van der Waals surface area contributed by atoms with Crippen LogP contribution in [0.2, 0.25) is 0 Å². The molecule has 0 atom stereocenters. The standard InChI is InChI=1S/C11H8BrN2O3S/c12-11-13(5-6-18-11)7-10(15)8-1-3-9(4-2-8)14(16)17/h1-6H,7H2/q+1. The van der Waals surface area contributed by atoms with Crippen LogP contribution in [0.25, 0.3) is 0 Å². The molecule has 0 radical (unpaired) electrons. The molecule has 0 aliphatic carbocycles. The van der Waals surface area contributed by atoms with E-state index in [1.807, 2.05) is 5.38 Å². The molecular formula is C11H8BrN2O3S+. The highest BCUT2D eigenvalue weighted by Gasteiger charge is 2.17. The minimum absolute atomic E-state index is 0.0177. The van der Waals surface area contributed by atoms with Gasteiger partial charge in [-0.2, -0.15) is 4.57 Å². The molecule has 0 amide bonds. The third-order valence-electron chi connectivity index (χ3n) is 2.35. The van der Waals surface area contributed by atoms with Gasteiger partial charge in [0.2, 0.25) is 12.3 Å². The Morgan fingerprint density at radius 3 is 2.56 bits per heavy atom. The fourth-order valence-electron chi connectivity index (χ4n) is 1.42. The topological polar surface area (TPSA) is 64.1 Å². The molecule has 0 spiro atoms. The fraction of sp³-hybridized carbons (Fsp3) is 0.0909. The third kappa shape index (κ3) is 2.80. The first kappa shape index (κ1) is 12.8. The molecule has 0 saturated carbocycles. The molecular weight excluding hydrogens is 320 g/mol. The van der Waals surface area contributed by atoms with Crippen molar-refractivity contribution in [1.29, 1.82) is 0 Å². The number of carbonyl (C=O) groups is 1. The van der Waals surface area contributed by atoms with Crippen LogP contribution in [0, 0.1) is 10.1 Å². The van der Waals surface area contributed by atoms with Crippen LogP contribution in [-0.2, 0) is 6.54 Å². The smallest absolute Gasteiger partial charge is 0.287 e. The van der Waals surface area contributed by atoms with E-state index >= 15 is 0 Å². The molecule has 18 heavy (non-hydrogen) atoms. The average molecular weight is 328 g/mol. The lowest BCUT2D eigenvalue weighted by Gasteiger charge is -1.97. The molecule has 7 heteroatoms. The fourth-order valence-corrected chi connectivity index (χ4v) is 2.56. The third-order valence-corrected chi connectivity index (χ3v) is 4.05. The Bertz CT molecular complexity index is 595. The van der Waals surface area contributed by atoms with Gasteiger partial charge in [0, 0.05) is 33.6 Å². The van der Waals surface area contributed by atoms with Crippen molar-refractivity contribution in [1.82, 2.24) is 0 Å². The summed E-state index contributed by atoms with van der Waals surface area (Å²) in [5.41, 5.74) is 0.446. The van der Waals surface area contributed by atoms with Crippen LogP contribution in [0.1, 0.15) is 10.4 Å². The first-order valence-corrected chi connectivity index (χ1v) is 6.65. The number of ketones is 1. The van der Waals surface area contributed by atoms with Crippen LogP contribution in [-0.4, -0.2) is 10.7 Å². The van der Waals surface area contributed by atoms with Crippen molar-refractivity contribution in [2.24, 2.45) is 0 Å². The number of non-ortho nitro benzene ring substituents is 1. The summed E-state index contributed by atoms with van der Waals surface area (Å²) in [6.07, 6.45) is 1.80. The molecule has 5 nitrogen and oxygen atoms in total. The van der Waals surface area contributed by atoms with Crippen LogP contribution >= 0.6 is 27.3 Å². The zero-order valence-corrected chi connectivity index (χ0v) is 11.5. The summed E-state index contributed by atoms with van der Waals surface area (Å²) in [7, 11) is 0. The van der Waals surface area contributed by atoms with E-state index in [9.17, 15) is 14.9 Å². The molecule has 0 saturated heterocycles. The molecule has 2 aromatic rings. The second-order valence-corrected chi connectivity index (χ2v) is 5.68. The number of halogens is 1. The Balaban J connectivity index is 2.14. The number of Topliss-reactive ketones (excluding diaryl/α,β-unsaturated/α-hetero) is 1. The number of nitro benzene ring substituents is 1. The summed E-state index contributed by atoms with van der Waals surface area (Å²) in [6.45, 7) is 0.210. The van der Waals surface area contributed by atoms with E-state index in [0.717, 1.165) is 3.92 Å². The number of hydrogen-bond donors (Lipinski definition) is 0. The van der Waals surface area contributed by atoms with Gasteiger partial charge in [-0.3, -0.25) is 14.9 Å². The minimum Gasteiger partial charge on any atom is -0.287 e. The Kier molecular flexibility index (Phi) is 3.83. The highest BCUT2D eigenvalue weighted by atomic mass is 79.9. The minimum atomic E-state index is -0.488. The van der Waals surface area contributed by atoms with Gasteiger partial charge < -0.3 is 0 Å². The maximum absolute atomic E-state index is 11.9. The van der Waals surface area contributed by atoms with Crippen molar-refractivity contribution < 1.29 is 14.3 Å². The van der Waals surface area contributed by atoms with E-state index in [0.29, 0.717) is 5.56 Å². The average Bonchev–Trinajstić information content (AvgIpc) is 2.75. The summed E-state index contributed by atoms with van der Waals surface area (Å²) in [5, 5.41) is 12.4. The molecule has 0 aliphatic heterocycles. The Morgan fingerprint density at radius 2 is 2.06 bits per heavy atom. The summed E-state index contributed by atoms with van der Waals surface area (Å²) >= 11 is 4.82. The Morgan fingerprint density at radius 1 is 1.39 bits per heavy atom. The molecule has 0 bridgehead atoms. The number of thiazole rings is 1. The number of nitrogens with zero attached hydrogens (tertiary/aromatic N) is 2. The second kappa shape index (κ2) is 5.36. The van der Waals surface area contributed by atoms with E-state index < -0.39 is 4.92 Å². The number of rotatable bonds is 4. The molecule has 2 rings (SSSR count). The molecule has 92 valence electrons. The van der Waals surface area contributed by atoms with Gasteiger partial charge in [-0.25, -0.2) is 0 Å². The van der Waals surface area contributed by atoms with Crippen molar-refractivity contribution in [2.75, 3.05) is 0 Å². The van der Waals surface area contributed by atoms with E-state index in [1.165, 1.54) is 35.6 Å². The normalized spacial score (nSPS) is 10.3. The first-order chi connectivity index (χ1) is 8.58. The summed E-state index contributed by atoms with van der Waals surface area (Å²) < 4.78 is 2.63. The maximum atomic E-state index is 11.9. The lowest BCUT2D eigenvalue weighted by Crippen LogP contribution is -2.36. The number of carbonyl (C=O) groups excluding carboxylic acids is 1. The van der Waals surface area contributed by atoms with Gasteiger partial charge in [-0.15, -0.1) is 0 Å². The van der Waals surface area contributed by atoms with Gasteiger partial charge in [0.25, 0.3) is 5.69 Å². The highest BCUT2D eigenvalue weighted by molar-refractivity contribution is 9.11. The molecule has 0 unspecified atom stereocenters. The molecule has 0 aliphatic rings. The Labute approximate surface area is 115 Å². The van der Waals surface area contributed by atoms with Crippen LogP contribution < -0.4 is 4.57 Å². The van der Waals surface area contributed by atoms with Crippen molar-refractivity contribution in [3.63, 3.8) is 0 Å². The monoisotopic (exact) mass is 327 g/mol. The number of benzene rings is 1. The maximum Gasteiger partial charge on any atom is 0.305 e. The summed E-state index contributed by atoms with van der Waals surface area (Å²) in [6, 6.07) is 5.61. The van der Waals surface area contributed by atoms with E-state index in [-0.39, 0.29) is 18.0 Å². The lowest BCUT2D eigenvalue weighted by molar-refractivity contribution is -0.688. The molecule has 1 heterocycles. The number of aromatic nitrogens is 1. The summed E-state index contributed by atoms with van der Waals surface area (Å²) in [5.74, 6) is -0.0889. The molecule has 1 aromatic heterocycles. The van der Waals surface area contributed by atoms with Gasteiger partial charge >= 0.3 is 3.92 Å². The predicted molar refractivity (Wildman–Crippen MR) is 69.6 cm³/mol. The van der Waals surface area contributed by atoms with Crippen molar-refractivity contribution >= 4 is 38.7 Å². The summed E-state index contributed by atoms with van der Waals surface area (Å²) in [4.78, 5) is 21.9. The highest BCUT2D eigenvalue weighted by Crippen LogP contribution is 2.13.